The van der Waals surface area contributed by atoms with Crippen molar-refractivity contribution >= 4 is 5.97 Å². The molecule has 0 amide bonds. The molecule has 1 aromatic heterocycles. The molecule has 0 spiro atoms. The summed E-state index contributed by atoms with van der Waals surface area (Å²) in [6.45, 7) is 0. The van der Waals surface area contributed by atoms with Gasteiger partial charge in [-0.25, -0.2) is 9.42 Å². The molecule has 0 radical (unpaired) electrons. The van der Waals surface area contributed by atoms with E-state index >= 15 is 0 Å². The third kappa shape index (κ3) is 2.34. The summed E-state index contributed by atoms with van der Waals surface area (Å²) in [5.41, 5.74) is 0.468. The second-order valence-corrected chi connectivity index (χ2v) is 4.07. The molecule has 0 bridgehead atoms. The van der Waals surface area contributed by atoms with E-state index in [1.165, 1.54) is 19.3 Å². The lowest BCUT2D eigenvalue weighted by Gasteiger charge is -2.20. The van der Waals surface area contributed by atoms with Gasteiger partial charge in [0.1, 0.15) is 5.69 Å². The highest BCUT2D eigenvalue weighted by molar-refractivity contribution is 5.86. The molecule has 15 heavy (non-hydrogen) atoms. The summed E-state index contributed by atoms with van der Waals surface area (Å²) in [5.74, 6) is -0.509. The van der Waals surface area contributed by atoms with Crippen LogP contribution in [0.2, 0.25) is 0 Å². The summed E-state index contributed by atoms with van der Waals surface area (Å²) in [4.78, 5) is 10.8. The van der Waals surface area contributed by atoms with Crippen LogP contribution in [0.25, 0.3) is 0 Å². The van der Waals surface area contributed by atoms with Crippen molar-refractivity contribution in [1.29, 1.82) is 0 Å². The van der Waals surface area contributed by atoms with E-state index in [0.29, 0.717) is 18.0 Å². The van der Waals surface area contributed by atoms with Crippen molar-refractivity contribution in [2.45, 2.75) is 38.5 Å². The van der Waals surface area contributed by atoms with E-state index in [1.807, 2.05) is 0 Å². The van der Waals surface area contributed by atoms with Gasteiger partial charge in [0.2, 0.25) is 5.69 Å². The Balaban J connectivity index is 2.03. The van der Waals surface area contributed by atoms with Crippen LogP contribution in [-0.4, -0.2) is 21.4 Å². The van der Waals surface area contributed by atoms with E-state index in [9.17, 15) is 4.79 Å². The fourth-order valence-corrected chi connectivity index (χ4v) is 2.17. The second-order valence-electron chi connectivity index (χ2n) is 4.07. The molecule has 82 valence electrons. The van der Waals surface area contributed by atoms with Crippen LogP contribution in [0.3, 0.4) is 0 Å². The number of aromatic nitrogens is 2. The van der Waals surface area contributed by atoms with Crippen molar-refractivity contribution in [2.24, 2.45) is 5.92 Å². The average Bonchev–Trinajstić information content (AvgIpc) is 2.67. The molecule has 0 aliphatic heterocycles. The third-order valence-corrected chi connectivity index (χ3v) is 2.97. The third-order valence-electron chi connectivity index (χ3n) is 2.97. The van der Waals surface area contributed by atoms with Gasteiger partial charge in [0, 0.05) is 0 Å². The lowest BCUT2D eigenvalue weighted by atomic mass is 9.86. The number of hydrogen-bond donors (Lipinski definition) is 1. The zero-order valence-corrected chi connectivity index (χ0v) is 8.48. The fourth-order valence-electron chi connectivity index (χ4n) is 2.17. The fraction of sp³-hybridized carbons (Fsp3) is 0.700. The second kappa shape index (κ2) is 4.42. The van der Waals surface area contributed by atoms with Gasteiger partial charge in [-0.05, 0) is 17.5 Å². The SMILES string of the molecule is O=C(O)c1nonc1CC1CCCCC1. The van der Waals surface area contributed by atoms with Crippen molar-refractivity contribution in [3.63, 3.8) is 0 Å². The van der Waals surface area contributed by atoms with Crippen molar-refractivity contribution in [3.05, 3.63) is 11.4 Å². The van der Waals surface area contributed by atoms with Crippen LogP contribution in [0.5, 0.6) is 0 Å². The van der Waals surface area contributed by atoms with Crippen LogP contribution in [0.15, 0.2) is 4.63 Å². The zero-order chi connectivity index (χ0) is 10.7. The first-order chi connectivity index (χ1) is 7.27. The van der Waals surface area contributed by atoms with Crippen LogP contribution in [-0.2, 0) is 6.42 Å². The Morgan fingerprint density at radius 2 is 2.07 bits per heavy atom. The van der Waals surface area contributed by atoms with Gasteiger partial charge in [-0.3, -0.25) is 0 Å². The maximum atomic E-state index is 10.8. The number of carboxylic acids is 1. The van der Waals surface area contributed by atoms with Crippen LogP contribution in [0.1, 0.15) is 48.3 Å². The molecule has 2 rings (SSSR count). The number of nitrogens with zero attached hydrogens (tertiary/aromatic N) is 2. The summed E-state index contributed by atoms with van der Waals surface area (Å²) in [5, 5.41) is 15.9. The van der Waals surface area contributed by atoms with Crippen LogP contribution >= 0.6 is 0 Å². The van der Waals surface area contributed by atoms with Gasteiger partial charge in [-0.1, -0.05) is 37.3 Å². The maximum Gasteiger partial charge on any atom is 0.360 e. The summed E-state index contributed by atoms with van der Waals surface area (Å²) in [6.07, 6.45) is 6.76. The molecular weight excluding hydrogens is 196 g/mol. The maximum absolute atomic E-state index is 10.8. The van der Waals surface area contributed by atoms with Crippen molar-refractivity contribution in [1.82, 2.24) is 10.3 Å². The highest BCUT2D eigenvalue weighted by atomic mass is 16.6. The minimum Gasteiger partial charge on any atom is -0.476 e. The quantitative estimate of drug-likeness (QED) is 0.824. The first-order valence-electron chi connectivity index (χ1n) is 5.32. The number of aromatic carboxylic acids is 1. The molecule has 1 aliphatic carbocycles. The molecule has 0 saturated heterocycles. The molecule has 1 saturated carbocycles. The first-order valence-corrected chi connectivity index (χ1v) is 5.32. The predicted molar refractivity (Wildman–Crippen MR) is 51.5 cm³/mol. The number of carboxylic acid groups (broad SMARTS) is 1. The Morgan fingerprint density at radius 1 is 1.33 bits per heavy atom. The summed E-state index contributed by atoms with van der Waals surface area (Å²) in [7, 11) is 0. The van der Waals surface area contributed by atoms with Crippen molar-refractivity contribution in [2.75, 3.05) is 0 Å². The standard InChI is InChI=1S/C10H14N2O3/c13-10(14)9-8(11-15-12-9)6-7-4-2-1-3-5-7/h7H,1-6H2,(H,13,14). The molecular formula is C10H14N2O3. The molecule has 1 aromatic rings. The molecule has 1 fully saturated rings. The monoisotopic (exact) mass is 210 g/mol. The van der Waals surface area contributed by atoms with E-state index in [1.54, 1.807) is 0 Å². The molecule has 1 N–H and O–H groups in total. The Kier molecular flexibility index (Phi) is 2.99. The van der Waals surface area contributed by atoms with E-state index in [0.717, 1.165) is 12.8 Å². The van der Waals surface area contributed by atoms with Crippen LogP contribution in [0, 0.1) is 5.92 Å². The highest BCUT2D eigenvalue weighted by Crippen LogP contribution is 2.26. The van der Waals surface area contributed by atoms with Gasteiger partial charge in [0.25, 0.3) is 0 Å². The number of carbonyl (C=O) groups is 1. The Labute approximate surface area is 87.4 Å². The summed E-state index contributed by atoms with van der Waals surface area (Å²) in [6, 6.07) is 0. The zero-order valence-electron chi connectivity index (χ0n) is 8.48. The summed E-state index contributed by atoms with van der Waals surface area (Å²) < 4.78 is 4.47. The molecule has 0 unspecified atom stereocenters. The number of rotatable bonds is 3. The molecule has 1 aliphatic rings. The van der Waals surface area contributed by atoms with Gasteiger partial charge in [0.05, 0.1) is 0 Å². The molecule has 5 heteroatoms. The lowest BCUT2D eigenvalue weighted by molar-refractivity contribution is 0.0684. The van der Waals surface area contributed by atoms with Gasteiger partial charge < -0.3 is 5.11 Å². The Morgan fingerprint density at radius 3 is 2.73 bits per heavy atom. The molecule has 0 atom stereocenters. The first kappa shape index (κ1) is 10.1. The van der Waals surface area contributed by atoms with Crippen molar-refractivity contribution in [3.8, 4) is 0 Å². The topological polar surface area (TPSA) is 76.2 Å². The predicted octanol–water partition coefficient (Wildman–Crippen LogP) is 1.89. The minimum absolute atomic E-state index is 0.0272. The van der Waals surface area contributed by atoms with Gasteiger partial charge in [0.15, 0.2) is 0 Å². The van der Waals surface area contributed by atoms with E-state index in [2.05, 4.69) is 14.9 Å². The van der Waals surface area contributed by atoms with Gasteiger partial charge in [-0.2, -0.15) is 0 Å². The summed E-state index contributed by atoms with van der Waals surface area (Å²) >= 11 is 0. The molecule has 1 heterocycles. The van der Waals surface area contributed by atoms with Crippen molar-refractivity contribution < 1.29 is 14.5 Å². The minimum atomic E-state index is -1.05. The van der Waals surface area contributed by atoms with Crippen LogP contribution < -0.4 is 0 Å². The van der Waals surface area contributed by atoms with Crippen LogP contribution in [0.4, 0.5) is 0 Å². The highest BCUT2D eigenvalue weighted by Gasteiger charge is 2.22. The van der Waals surface area contributed by atoms with E-state index in [-0.39, 0.29) is 5.69 Å². The smallest absolute Gasteiger partial charge is 0.360 e. The van der Waals surface area contributed by atoms with E-state index in [4.69, 9.17) is 5.11 Å². The Hall–Kier alpha value is -1.39. The average molecular weight is 210 g/mol. The molecule has 0 aromatic carbocycles. The lowest BCUT2D eigenvalue weighted by Crippen LogP contribution is -2.12. The van der Waals surface area contributed by atoms with E-state index < -0.39 is 5.97 Å². The largest absolute Gasteiger partial charge is 0.476 e. The number of hydrogen-bond acceptors (Lipinski definition) is 4. The molecule has 5 nitrogen and oxygen atoms in total. The normalized spacial score (nSPS) is 17.9. The van der Waals surface area contributed by atoms with Gasteiger partial charge in [-0.15, -0.1) is 0 Å². The van der Waals surface area contributed by atoms with Gasteiger partial charge >= 0.3 is 5.97 Å². The Bertz CT molecular complexity index is 342.